The van der Waals surface area contributed by atoms with Gasteiger partial charge in [-0.2, -0.15) is 0 Å². The molecule has 0 aliphatic heterocycles. The Hall–Kier alpha value is -0.900. The van der Waals surface area contributed by atoms with Crippen LogP contribution in [0.5, 0.6) is 0 Å². The number of benzene rings is 1. The first-order valence-corrected chi connectivity index (χ1v) is 8.64. The molecule has 1 heterocycles. The highest BCUT2D eigenvalue weighted by Crippen LogP contribution is 2.19. The van der Waals surface area contributed by atoms with Gasteiger partial charge in [0.1, 0.15) is 5.82 Å². The lowest BCUT2D eigenvalue weighted by molar-refractivity contribution is 0.467. The summed E-state index contributed by atoms with van der Waals surface area (Å²) in [5, 5.41) is 6.16. The maximum Gasteiger partial charge on any atom is 0.126 e. The summed E-state index contributed by atoms with van der Waals surface area (Å²) in [5.41, 5.74) is 0.699. The molecule has 1 nitrogen and oxygen atoms in total. The Labute approximate surface area is 135 Å². The van der Waals surface area contributed by atoms with Crippen molar-refractivity contribution in [1.82, 2.24) is 5.32 Å². The average molecular weight is 326 g/mol. The molecule has 0 amide bonds. The van der Waals surface area contributed by atoms with Crippen molar-refractivity contribution in [3.63, 3.8) is 0 Å². The molecule has 1 atom stereocenters. The molecule has 1 aromatic heterocycles. The number of aryl methyl sites for hydroxylation is 1. The molecule has 2 aromatic rings. The maximum atomic E-state index is 13.8. The Morgan fingerprint density at radius 3 is 2.90 bits per heavy atom. The molecule has 0 aliphatic rings. The Morgan fingerprint density at radius 1 is 1.33 bits per heavy atom. The highest BCUT2D eigenvalue weighted by Gasteiger charge is 2.12. The summed E-state index contributed by atoms with van der Waals surface area (Å²) in [6, 6.07) is 9.33. The van der Waals surface area contributed by atoms with Gasteiger partial charge in [-0.05, 0) is 67.4 Å². The third-order valence-corrected chi connectivity index (χ3v) is 4.69. The largest absolute Gasteiger partial charge is 0.314 e. The Kier molecular flexibility index (Phi) is 6.68. The number of thiophene rings is 1. The van der Waals surface area contributed by atoms with E-state index < -0.39 is 0 Å². The molecule has 0 fully saturated rings. The number of likely N-dealkylation sites (N-methyl/N-ethyl adjacent to an activating group) is 1. The van der Waals surface area contributed by atoms with E-state index in [0.29, 0.717) is 23.0 Å². The minimum atomic E-state index is -0.166. The van der Waals surface area contributed by atoms with E-state index in [4.69, 9.17) is 11.6 Å². The second-order valence-corrected chi connectivity index (χ2v) is 6.63. The fourth-order valence-corrected chi connectivity index (χ4v) is 3.45. The topological polar surface area (TPSA) is 12.0 Å². The molecule has 1 N–H and O–H groups in total. The Bertz CT molecular complexity index is 542. The molecule has 0 radical (unpaired) electrons. The van der Waals surface area contributed by atoms with Gasteiger partial charge in [-0.15, -0.1) is 11.3 Å². The van der Waals surface area contributed by atoms with Crippen molar-refractivity contribution in [2.75, 3.05) is 6.54 Å². The van der Waals surface area contributed by atoms with E-state index >= 15 is 0 Å². The monoisotopic (exact) mass is 325 g/mol. The molecule has 0 saturated heterocycles. The van der Waals surface area contributed by atoms with Crippen LogP contribution < -0.4 is 5.32 Å². The third-order valence-electron chi connectivity index (χ3n) is 3.52. The minimum absolute atomic E-state index is 0.166. The SMILES string of the molecule is CCNC(CCCc1cccs1)Cc1cc(Cl)ccc1F. The maximum absolute atomic E-state index is 13.8. The van der Waals surface area contributed by atoms with Crippen molar-refractivity contribution in [3.8, 4) is 0 Å². The van der Waals surface area contributed by atoms with Crippen LogP contribution in [0.15, 0.2) is 35.7 Å². The van der Waals surface area contributed by atoms with Gasteiger partial charge in [-0.25, -0.2) is 4.39 Å². The summed E-state index contributed by atoms with van der Waals surface area (Å²) in [6.07, 6.45) is 3.93. The lowest BCUT2D eigenvalue weighted by atomic mass is 10.00. The van der Waals surface area contributed by atoms with Gasteiger partial charge in [0.25, 0.3) is 0 Å². The van der Waals surface area contributed by atoms with Crippen LogP contribution in [0.3, 0.4) is 0 Å². The van der Waals surface area contributed by atoms with Crippen LogP contribution in [0.2, 0.25) is 5.02 Å². The quantitative estimate of drug-likeness (QED) is 0.713. The number of hydrogen-bond acceptors (Lipinski definition) is 2. The first-order valence-electron chi connectivity index (χ1n) is 7.38. The highest BCUT2D eigenvalue weighted by atomic mass is 35.5. The molecule has 4 heteroatoms. The van der Waals surface area contributed by atoms with E-state index in [1.807, 2.05) is 0 Å². The minimum Gasteiger partial charge on any atom is -0.314 e. The first-order chi connectivity index (χ1) is 10.2. The summed E-state index contributed by atoms with van der Waals surface area (Å²) in [5.74, 6) is -0.166. The van der Waals surface area contributed by atoms with Crippen LogP contribution in [0, 0.1) is 5.82 Å². The highest BCUT2D eigenvalue weighted by molar-refractivity contribution is 7.09. The zero-order valence-electron chi connectivity index (χ0n) is 12.2. The standard InChI is InChI=1S/C17H21ClFNS/c1-2-20-15(5-3-6-16-7-4-10-21-16)12-13-11-14(18)8-9-17(13)19/h4,7-11,15,20H,2-3,5-6,12H2,1H3. The van der Waals surface area contributed by atoms with Crippen molar-refractivity contribution >= 4 is 22.9 Å². The summed E-state index contributed by atoms with van der Waals surface area (Å²) >= 11 is 7.76. The van der Waals surface area contributed by atoms with Gasteiger partial charge in [0.2, 0.25) is 0 Å². The van der Waals surface area contributed by atoms with E-state index in [9.17, 15) is 4.39 Å². The van der Waals surface area contributed by atoms with Gasteiger partial charge in [0, 0.05) is 15.9 Å². The number of nitrogens with one attached hydrogen (secondary N) is 1. The van der Waals surface area contributed by atoms with E-state index in [1.165, 1.54) is 10.9 Å². The smallest absolute Gasteiger partial charge is 0.126 e. The lowest BCUT2D eigenvalue weighted by Crippen LogP contribution is -2.31. The predicted octanol–water partition coefficient (Wildman–Crippen LogP) is 5.08. The molecule has 2 rings (SSSR count). The number of rotatable bonds is 8. The van der Waals surface area contributed by atoms with E-state index in [-0.39, 0.29) is 5.82 Å². The molecule has 0 spiro atoms. The van der Waals surface area contributed by atoms with E-state index in [1.54, 1.807) is 23.5 Å². The summed E-state index contributed by atoms with van der Waals surface area (Å²) in [6.45, 7) is 2.98. The van der Waals surface area contributed by atoms with Crippen molar-refractivity contribution in [1.29, 1.82) is 0 Å². The molecule has 0 bridgehead atoms. The molecule has 0 saturated carbocycles. The summed E-state index contributed by atoms with van der Waals surface area (Å²) < 4.78 is 13.8. The zero-order chi connectivity index (χ0) is 15.1. The van der Waals surface area contributed by atoms with Crippen LogP contribution >= 0.6 is 22.9 Å². The van der Waals surface area contributed by atoms with Crippen molar-refractivity contribution in [2.24, 2.45) is 0 Å². The molecule has 1 aromatic carbocycles. The summed E-state index contributed by atoms with van der Waals surface area (Å²) in [7, 11) is 0. The lowest BCUT2D eigenvalue weighted by Gasteiger charge is -2.18. The van der Waals surface area contributed by atoms with Crippen molar-refractivity contribution < 1.29 is 4.39 Å². The fourth-order valence-electron chi connectivity index (χ4n) is 2.51. The fraction of sp³-hybridized carbons (Fsp3) is 0.412. The van der Waals surface area contributed by atoms with Gasteiger partial charge < -0.3 is 5.32 Å². The second kappa shape index (κ2) is 8.52. The van der Waals surface area contributed by atoms with E-state index in [0.717, 1.165) is 25.8 Å². The van der Waals surface area contributed by atoms with Crippen LogP contribution in [0.25, 0.3) is 0 Å². The molecule has 21 heavy (non-hydrogen) atoms. The predicted molar refractivity (Wildman–Crippen MR) is 89.8 cm³/mol. The molecule has 0 aliphatic carbocycles. The summed E-state index contributed by atoms with van der Waals surface area (Å²) in [4.78, 5) is 1.42. The molecular weight excluding hydrogens is 305 g/mol. The Morgan fingerprint density at radius 2 is 2.19 bits per heavy atom. The van der Waals surface area contributed by atoms with Crippen LogP contribution in [-0.4, -0.2) is 12.6 Å². The van der Waals surface area contributed by atoms with Crippen molar-refractivity contribution in [3.05, 3.63) is 57.0 Å². The van der Waals surface area contributed by atoms with Gasteiger partial charge in [-0.1, -0.05) is 24.6 Å². The van der Waals surface area contributed by atoms with Crippen LogP contribution in [0.4, 0.5) is 4.39 Å². The molecule has 1 unspecified atom stereocenters. The average Bonchev–Trinajstić information content (AvgIpc) is 2.96. The van der Waals surface area contributed by atoms with Crippen LogP contribution in [0.1, 0.15) is 30.2 Å². The van der Waals surface area contributed by atoms with Gasteiger partial charge >= 0.3 is 0 Å². The van der Waals surface area contributed by atoms with Crippen LogP contribution in [-0.2, 0) is 12.8 Å². The van der Waals surface area contributed by atoms with Crippen molar-refractivity contribution in [2.45, 2.75) is 38.6 Å². The number of halogens is 2. The van der Waals surface area contributed by atoms with Gasteiger partial charge in [0.05, 0.1) is 0 Å². The normalized spacial score (nSPS) is 12.5. The molecule has 114 valence electrons. The first kappa shape index (κ1) is 16.5. The second-order valence-electron chi connectivity index (χ2n) is 5.17. The zero-order valence-corrected chi connectivity index (χ0v) is 13.8. The van der Waals surface area contributed by atoms with E-state index in [2.05, 4.69) is 29.8 Å². The number of hydrogen-bond donors (Lipinski definition) is 1. The third kappa shape index (κ3) is 5.42. The van der Waals surface area contributed by atoms with Gasteiger partial charge in [-0.3, -0.25) is 0 Å². The van der Waals surface area contributed by atoms with Gasteiger partial charge in [0.15, 0.2) is 0 Å². The molecular formula is C17H21ClFNS. The Balaban J connectivity index is 1.90.